The van der Waals surface area contributed by atoms with Crippen molar-refractivity contribution in [2.24, 2.45) is 0 Å². The van der Waals surface area contributed by atoms with Crippen LogP contribution in [0, 0.1) is 12.7 Å². The van der Waals surface area contributed by atoms with Gasteiger partial charge in [0, 0.05) is 10.7 Å². The molecule has 162 valence electrons. The molecule has 0 aliphatic rings. The summed E-state index contributed by atoms with van der Waals surface area (Å²) in [7, 11) is -2.66. The third-order valence-corrected chi connectivity index (χ3v) is 6.70. The van der Waals surface area contributed by atoms with Gasteiger partial charge in [-0.3, -0.25) is 9.10 Å². The number of benzene rings is 3. The molecule has 0 radical (unpaired) electrons. The zero-order valence-electron chi connectivity index (χ0n) is 16.8. The zero-order chi connectivity index (χ0) is 22.6. The molecular formula is C22H20ClFN2O4S. The van der Waals surface area contributed by atoms with Crippen molar-refractivity contribution in [1.82, 2.24) is 0 Å². The van der Waals surface area contributed by atoms with E-state index in [9.17, 15) is 17.6 Å². The van der Waals surface area contributed by atoms with Gasteiger partial charge in [0.05, 0.1) is 17.7 Å². The summed E-state index contributed by atoms with van der Waals surface area (Å²) in [5, 5.41) is 3.11. The Balaban J connectivity index is 1.92. The summed E-state index contributed by atoms with van der Waals surface area (Å²) in [4.78, 5) is 12.6. The SMILES string of the molecule is COc1ccc(S(=O)(=O)N(CC(=O)Nc2ccc(C)c(Cl)c2)c2ccc(F)cc2)cc1. The Labute approximate surface area is 185 Å². The summed E-state index contributed by atoms with van der Waals surface area (Å²) >= 11 is 6.09. The molecule has 0 atom stereocenters. The molecule has 0 saturated heterocycles. The van der Waals surface area contributed by atoms with Crippen molar-refractivity contribution in [2.45, 2.75) is 11.8 Å². The maximum Gasteiger partial charge on any atom is 0.264 e. The highest BCUT2D eigenvalue weighted by atomic mass is 35.5. The van der Waals surface area contributed by atoms with Crippen LogP contribution in [0.15, 0.2) is 71.6 Å². The van der Waals surface area contributed by atoms with E-state index in [1.165, 1.54) is 43.5 Å². The number of hydrogen-bond donors (Lipinski definition) is 1. The fraction of sp³-hybridized carbons (Fsp3) is 0.136. The Morgan fingerprint density at radius 2 is 1.71 bits per heavy atom. The maximum atomic E-state index is 13.4. The first kappa shape index (κ1) is 22.6. The number of hydrogen-bond acceptors (Lipinski definition) is 4. The summed E-state index contributed by atoms with van der Waals surface area (Å²) in [5.74, 6) is -0.619. The average Bonchev–Trinajstić information content (AvgIpc) is 2.75. The Morgan fingerprint density at radius 1 is 1.06 bits per heavy atom. The summed E-state index contributed by atoms with van der Waals surface area (Å²) in [6.07, 6.45) is 0. The first-order valence-corrected chi connectivity index (χ1v) is 11.0. The number of amides is 1. The van der Waals surface area contributed by atoms with Gasteiger partial charge in [0.1, 0.15) is 18.1 Å². The van der Waals surface area contributed by atoms with Gasteiger partial charge in [-0.05, 0) is 73.2 Å². The number of anilines is 2. The second-order valence-corrected chi connectivity index (χ2v) is 8.95. The largest absolute Gasteiger partial charge is 0.497 e. The van der Waals surface area contributed by atoms with Crippen molar-refractivity contribution in [3.05, 3.63) is 83.1 Å². The molecule has 3 aromatic carbocycles. The van der Waals surface area contributed by atoms with Crippen LogP contribution in [0.3, 0.4) is 0 Å². The first-order valence-electron chi connectivity index (χ1n) is 9.19. The number of sulfonamides is 1. The van der Waals surface area contributed by atoms with E-state index in [1.54, 1.807) is 18.2 Å². The van der Waals surface area contributed by atoms with Gasteiger partial charge in [0.25, 0.3) is 10.0 Å². The number of nitrogens with one attached hydrogen (secondary N) is 1. The van der Waals surface area contributed by atoms with Crippen LogP contribution >= 0.6 is 11.6 Å². The number of rotatable bonds is 7. The standard InChI is InChI=1S/C22H20ClFN2O4S/c1-15-3-6-17(13-21(15)23)25-22(27)14-26(18-7-4-16(24)5-8-18)31(28,29)20-11-9-19(30-2)10-12-20/h3-13H,14H2,1-2H3,(H,25,27). The lowest BCUT2D eigenvalue weighted by molar-refractivity contribution is -0.114. The Hall–Kier alpha value is -3.10. The van der Waals surface area contributed by atoms with Crippen LogP contribution in [0.4, 0.5) is 15.8 Å². The minimum atomic E-state index is -4.13. The number of methoxy groups -OCH3 is 1. The molecule has 1 amide bonds. The van der Waals surface area contributed by atoms with Gasteiger partial charge < -0.3 is 10.1 Å². The van der Waals surface area contributed by atoms with Crippen molar-refractivity contribution >= 4 is 38.9 Å². The number of halogens is 2. The second kappa shape index (κ2) is 9.36. The smallest absolute Gasteiger partial charge is 0.264 e. The van der Waals surface area contributed by atoms with E-state index < -0.39 is 28.3 Å². The molecule has 6 nitrogen and oxygen atoms in total. The third kappa shape index (κ3) is 5.34. The van der Waals surface area contributed by atoms with Gasteiger partial charge in [-0.1, -0.05) is 17.7 Å². The van der Waals surface area contributed by atoms with Gasteiger partial charge in [-0.25, -0.2) is 12.8 Å². The minimum absolute atomic E-state index is 0.0381. The maximum absolute atomic E-state index is 13.4. The molecule has 0 aromatic heterocycles. The van der Waals surface area contributed by atoms with Crippen LogP contribution in [0.5, 0.6) is 5.75 Å². The van der Waals surface area contributed by atoms with E-state index in [-0.39, 0.29) is 10.6 Å². The van der Waals surface area contributed by atoms with E-state index in [1.807, 2.05) is 6.92 Å². The molecule has 0 aliphatic heterocycles. The van der Waals surface area contributed by atoms with Gasteiger partial charge in [0.2, 0.25) is 5.91 Å². The van der Waals surface area contributed by atoms with Crippen molar-refractivity contribution < 1.29 is 22.3 Å². The molecule has 1 N–H and O–H groups in total. The van der Waals surface area contributed by atoms with Crippen LogP contribution in [-0.4, -0.2) is 28.0 Å². The van der Waals surface area contributed by atoms with Gasteiger partial charge in [-0.2, -0.15) is 0 Å². The number of ether oxygens (including phenoxy) is 1. The summed E-state index contributed by atoms with van der Waals surface area (Å²) in [6.45, 7) is 1.30. The van der Waals surface area contributed by atoms with Crippen LogP contribution < -0.4 is 14.4 Å². The molecule has 0 fully saturated rings. The molecule has 0 heterocycles. The molecule has 0 bridgehead atoms. The number of carbonyl (C=O) groups is 1. The van der Waals surface area contributed by atoms with Crippen LogP contribution in [0.25, 0.3) is 0 Å². The van der Waals surface area contributed by atoms with Crippen molar-refractivity contribution in [3.8, 4) is 5.75 Å². The van der Waals surface area contributed by atoms with Gasteiger partial charge >= 0.3 is 0 Å². The molecular weight excluding hydrogens is 443 g/mol. The molecule has 9 heteroatoms. The lowest BCUT2D eigenvalue weighted by atomic mass is 10.2. The number of carbonyl (C=O) groups excluding carboxylic acids is 1. The van der Waals surface area contributed by atoms with Gasteiger partial charge in [-0.15, -0.1) is 0 Å². The summed E-state index contributed by atoms with van der Waals surface area (Å²) in [6, 6.07) is 15.6. The predicted molar refractivity (Wildman–Crippen MR) is 119 cm³/mol. The molecule has 0 spiro atoms. The molecule has 3 aromatic rings. The molecule has 0 saturated carbocycles. The van der Waals surface area contributed by atoms with E-state index in [0.717, 1.165) is 22.0 Å². The number of aryl methyl sites for hydroxylation is 1. The molecule has 0 unspecified atom stereocenters. The molecule has 3 rings (SSSR count). The lowest BCUT2D eigenvalue weighted by Gasteiger charge is -2.24. The fourth-order valence-electron chi connectivity index (χ4n) is 2.80. The number of nitrogens with zero attached hydrogens (tertiary/aromatic N) is 1. The van der Waals surface area contributed by atoms with E-state index in [2.05, 4.69) is 5.32 Å². The highest BCUT2D eigenvalue weighted by Crippen LogP contribution is 2.26. The molecule has 31 heavy (non-hydrogen) atoms. The minimum Gasteiger partial charge on any atom is -0.497 e. The van der Waals surface area contributed by atoms with Crippen LogP contribution in [0.1, 0.15) is 5.56 Å². The Kier molecular flexibility index (Phi) is 6.82. The predicted octanol–water partition coefficient (Wildman–Crippen LogP) is 4.63. The average molecular weight is 463 g/mol. The summed E-state index contributed by atoms with van der Waals surface area (Å²) in [5.41, 5.74) is 1.42. The second-order valence-electron chi connectivity index (χ2n) is 6.68. The van der Waals surface area contributed by atoms with Crippen molar-refractivity contribution in [1.29, 1.82) is 0 Å². The van der Waals surface area contributed by atoms with Crippen LogP contribution in [-0.2, 0) is 14.8 Å². The van der Waals surface area contributed by atoms with Gasteiger partial charge in [0.15, 0.2) is 0 Å². The monoisotopic (exact) mass is 462 g/mol. The molecule has 0 aliphatic carbocycles. The highest BCUT2D eigenvalue weighted by Gasteiger charge is 2.27. The van der Waals surface area contributed by atoms with Crippen LogP contribution in [0.2, 0.25) is 5.02 Å². The van der Waals surface area contributed by atoms with Crippen molar-refractivity contribution in [2.75, 3.05) is 23.3 Å². The summed E-state index contributed by atoms with van der Waals surface area (Å²) < 4.78 is 46.0. The third-order valence-electron chi connectivity index (χ3n) is 4.50. The topological polar surface area (TPSA) is 75.7 Å². The highest BCUT2D eigenvalue weighted by molar-refractivity contribution is 7.92. The van der Waals surface area contributed by atoms with E-state index >= 15 is 0 Å². The normalized spacial score (nSPS) is 11.1. The van der Waals surface area contributed by atoms with Crippen molar-refractivity contribution in [3.63, 3.8) is 0 Å². The Bertz CT molecular complexity index is 1180. The van der Waals surface area contributed by atoms with E-state index in [0.29, 0.717) is 16.5 Å². The Morgan fingerprint density at radius 3 is 2.29 bits per heavy atom. The quantitative estimate of drug-likeness (QED) is 0.555. The fourth-order valence-corrected chi connectivity index (χ4v) is 4.40. The lowest BCUT2D eigenvalue weighted by Crippen LogP contribution is -2.38. The zero-order valence-corrected chi connectivity index (χ0v) is 18.4. The first-order chi connectivity index (χ1) is 14.7. The van der Waals surface area contributed by atoms with E-state index in [4.69, 9.17) is 16.3 Å².